The van der Waals surface area contributed by atoms with Gasteiger partial charge in [-0.1, -0.05) is 52.0 Å². The zero-order valence-corrected chi connectivity index (χ0v) is 29.3. The second kappa shape index (κ2) is 15.8. The molecule has 0 saturated carbocycles. The van der Waals surface area contributed by atoms with Crippen LogP contribution in [-0.4, -0.2) is 45.3 Å². The molecular weight excluding hydrogens is 595 g/mol. The summed E-state index contributed by atoms with van der Waals surface area (Å²) in [7, 11) is -3.27. The third-order valence-corrected chi connectivity index (χ3v) is 9.15. The Labute approximate surface area is 275 Å². The first-order valence-corrected chi connectivity index (χ1v) is 18.5. The van der Waals surface area contributed by atoms with Gasteiger partial charge in [0, 0.05) is 22.3 Å². The first kappa shape index (κ1) is 35.2. The van der Waals surface area contributed by atoms with Crippen LogP contribution in [0.3, 0.4) is 0 Å². The highest BCUT2D eigenvalue weighted by Gasteiger charge is 2.20. The fourth-order valence-electron chi connectivity index (χ4n) is 5.80. The standard InChI is InChI=1S/C38H51N3O4S/c1-8-45-38(42)27(6)29-14-17-36-35(24-29)34(37(40-36)32-22-30(25(2)3)21-31(23-32)26(4)5)18-20-39-19-10-9-11-28-12-15-33(16-13-28)41-46(7,43)44/h12-17,21-27,39-41H,8-11,18-20H2,1-7H3. The molecule has 3 aromatic carbocycles. The normalized spacial score (nSPS) is 12.6. The van der Waals surface area contributed by atoms with Crippen molar-refractivity contribution >= 4 is 32.6 Å². The van der Waals surface area contributed by atoms with Crippen LogP contribution in [0, 0.1) is 0 Å². The van der Waals surface area contributed by atoms with Gasteiger partial charge in [0.05, 0.1) is 18.8 Å². The summed E-state index contributed by atoms with van der Waals surface area (Å²) in [5.41, 5.74) is 10.1. The number of carbonyl (C=O) groups excluding carboxylic acids is 1. The number of aromatic nitrogens is 1. The minimum absolute atomic E-state index is 0.200. The number of fused-ring (bicyclic) bond motifs is 1. The van der Waals surface area contributed by atoms with Gasteiger partial charge >= 0.3 is 5.97 Å². The number of ether oxygens (including phenoxy) is 1. The summed E-state index contributed by atoms with van der Waals surface area (Å²) in [6, 6.07) is 20.9. The first-order valence-electron chi connectivity index (χ1n) is 16.6. The van der Waals surface area contributed by atoms with Crippen molar-refractivity contribution < 1.29 is 17.9 Å². The lowest BCUT2D eigenvalue weighted by atomic mass is 9.91. The maximum Gasteiger partial charge on any atom is 0.313 e. The molecule has 0 amide bonds. The number of H-pyrrole nitrogens is 1. The third-order valence-electron chi connectivity index (χ3n) is 8.55. The van der Waals surface area contributed by atoms with Crippen LogP contribution in [0.2, 0.25) is 0 Å². The molecule has 7 nitrogen and oxygen atoms in total. The molecule has 1 heterocycles. The van der Waals surface area contributed by atoms with Crippen LogP contribution in [0.4, 0.5) is 5.69 Å². The first-order chi connectivity index (χ1) is 21.9. The van der Waals surface area contributed by atoms with E-state index in [0.717, 1.165) is 67.2 Å². The van der Waals surface area contributed by atoms with Crippen molar-refractivity contribution in [2.45, 2.75) is 85.0 Å². The highest BCUT2D eigenvalue weighted by Crippen LogP contribution is 2.36. The summed E-state index contributed by atoms with van der Waals surface area (Å²) < 4.78 is 30.7. The van der Waals surface area contributed by atoms with E-state index >= 15 is 0 Å². The molecule has 1 atom stereocenters. The number of nitrogens with one attached hydrogen (secondary N) is 3. The van der Waals surface area contributed by atoms with Gasteiger partial charge in [-0.2, -0.15) is 0 Å². The van der Waals surface area contributed by atoms with E-state index in [1.807, 2.05) is 44.2 Å². The molecule has 248 valence electrons. The molecule has 0 aliphatic carbocycles. The highest BCUT2D eigenvalue weighted by molar-refractivity contribution is 7.92. The number of aromatic amines is 1. The van der Waals surface area contributed by atoms with Gasteiger partial charge < -0.3 is 15.0 Å². The van der Waals surface area contributed by atoms with E-state index < -0.39 is 10.0 Å². The number of carbonyl (C=O) groups is 1. The van der Waals surface area contributed by atoms with E-state index in [4.69, 9.17) is 4.74 Å². The van der Waals surface area contributed by atoms with Crippen molar-refractivity contribution in [2.75, 3.05) is 30.7 Å². The molecule has 1 aromatic heterocycles. The molecule has 3 N–H and O–H groups in total. The molecule has 0 spiro atoms. The lowest BCUT2D eigenvalue weighted by Crippen LogP contribution is -2.19. The van der Waals surface area contributed by atoms with Gasteiger partial charge in [-0.3, -0.25) is 9.52 Å². The molecule has 0 radical (unpaired) electrons. The second-order valence-electron chi connectivity index (χ2n) is 13.0. The van der Waals surface area contributed by atoms with Crippen molar-refractivity contribution in [3.63, 3.8) is 0 Å². The number of aryl methyl sites for hydroxylation is 1. The summed E-state index contributed by atoms with van der Waals surface area (Å²) in [6.07, 6.45) is 5.03. The van der Waals surface area contributed by atoms with Gasteiger partial charge in [-0.25, -0.2) is 8.42 Å². The molecular formula is C38H51N3O4S. The van der Waals surface area contributed by atoms with Gasteiger partial charge in [0.2, 0.25) is 10.0 Å². The minimum Gasteiger partial charge on any atom is -0.466 e. The number of benzene rings is 3. The Hall–Kier alpha value is -3.62. The van der Waals surface area contributed by atoms with Crippen LogP contribution in [0.25, 0.3) is 22.2 Å². The van der Waals surface area contributed by atoms with Crippen LogP contribution >= 0.6 is 0 Å². The Kier molecular flexibility index (Phi) is 12.1. The van der Waals surface area contributed by atoms with E-state index in [1.165, 1.54) is 27.8 Å². The summed E-state index contributed by atoms with van der Waals surface area (Å²) in [5.74, 6) is 0.309. The third kappa shape index (κ3) is 9.46. The molecule has 4 rings (SSSR count). The van der Waals surface area contributed by atoms with Gasteiger partial charge in [0.1, 0.15) is 0 Å². The summed E-state index contributed by atoms with van der Waals surface area (Å²) in [4.78, 5) is 16.3. The molecule has 0 fully saturated rings. The van der Waals surface area contributed by atoms with Crippen LogP contribution in [0.15, 0.2) is 60.7 Å². The second-order valence-corrected chi connectivity index (χ2v) is 14.7. The highest BCUT2D eigenvalue weighted by atomic mass is 32.2. The topological polar surface area (TPSA) is 100 Å². The fourth-order valence-corrected chi connectivity index (χ4v) is 6.37. The summed E-state index contributed by atoms with van der Waals surface area (Å²) in [5, 5.41) is 4.81. The minimum atomic E-state index is -3.27. The molecule has 4 aromatic rings. The number of hydrogen-bond donors (Lipinski definition) is 3. The Bertz CT molecular complexity index is 1700. The molecule has 46 heavy (non-hydrogen) atoms. The molecule has 0 saturated heterocycles. The number of hydrogen-bond acceptors (Lipinski definition) is 5. The summed E-state index contributed by atoms with van der Waals surface area (Å²) in [6.45, 7) is 14.8. The Balaban J connectivity index is 1.50. The Morgan fingerprint density at radius 1 is 0.826 bits per heavy atom. The van der Waals surface area contributed by atoms with Crippen LogP contribution < -0.4 is 10.0 Å². The van der Waals surface area contributed by atoms with Gasteiger partial charge in [-0.05, 0) is 134 Å². The van der Waals surface area contributed by atoms with Crippen molar-refractivity contribution in [1.82, 2.24) is 10.3 Å². The van der Waals surface area contributed by atoms with Crippen molar-refractivity contribution in [2.24, 2.45) is 0 Å². The molecule has 0 aliphatic rings. The lowest BCUT2D eigenvalue weighted by molar-refractivity contribution is -0.144. The van der Waals surface area contributed by atoms with Crippen molar-refractivity contribution in [3.05, 3.63) is 88.5 Å². The number of esters is 1. The Morgan fingerprint density at radius 2 is 1.50 bits per heavy atom. The van der Waals surface area contributed by atoms with Crippen LogP contribution in [0.5, 0.6) is 0 Å². The van der Waals surface area contributed by atoms with Gasteiger partial charge in [-0.15, -0.1) is 0 Å². The van der Waals surface area contributed by atoms with Crippen molar-refractivity contribution in [3.8, 4) is 11.3 Å². The largest absolute Gasteiger partial charge is 0.466 e. The summed E-state index contributed by atoms with van der Waals surface area (Å²) >= 11 is 0. The average Bonchev–Trinajstić information content (AvgIpc) is 3.37. The van der Waals surface area contributed by atoms with E-state index in [9.17, 15) is 13.2 Å². The van der Waals surface area contributed by atoms with E-state index in [0.29, 0.717) is 24.1 Å². The number of sulfonamides is 1. The average molecular weight is 646 g/mol. The smallest absolute Gasteiger partial charge is 0.313 e. The molecule has 0 aliphatic heterocycles. The maximum atomic E-state index is 12.6. The predicted octanol–water partition coefficient (Wildman–Crippen LogP) is 8.27. The monoisotopic (exact) mass is 645 g/mol. The number of rotatable bonds is 16. The maximum absolute atomic E-state index is 12.6. The quantitative estimate of drug-likeness (QED) is 0.0841. The van der Waals surface area contributed by atoms with E-state index in [2.05, 4.69) is 73.0 Å². The lowest BCUT2D eigenvalue weighted by Gasteiger charge is -2.15. The SMILES string of the molecule is CCOC(=O)C(C)c1ccc2[nH]c(-c3cc(C(C)C)cc(C(C)C)c3)c(CCNCCCCc3ccc(NS(C)(=O)=O)cc3)c2c1. The molecule has 1 unspecified atom stereocenters. The van der Waals surface area contributed by atoms with Crippen molar-refractivity contribution in [1.29, 1.82) is 0 Å². The number of anilines is 1. The molecule has 8 heteroatoms. The molecule has 0 bridgehead atoms. The van der Waals surface area contributed by atoms with E-state index in [1.54, 1.807) is 0 Å². The number of unbranched alkanes of at least 4 members (excludes halogenated alkanes) is 1. The Morgan fingerprint density at radius 3 is 2.11 bits per heavy atom. The fraction of sp³-hybridized carbons (Fsp3) is 0.447. The van der Waals surface area contributed by atoms with Crippen LogP contribution in [0.1, 0.15) is 100.0 Å². The zero-order valence-electron chi connectivity index (χ0n) is 28.5. The van der Waals surface area contributed by atoms with E-state index in [-0.39, 0.29) is 11.9 Å². The predicted molar refractivity (Wildman–Crippen MR) is 191 cm³/mol. The van der Waals surface area contributed by atoms with Crippen LogP contribution in [-0.2, 0) is 32.4 Å². The van der Waals surface area contributed by atoms with Gasteiger partial charge in [0.25, 0.3) is 0 Å². The van der Waals surface area contributed by atoms with Gasteiger partial charge in [0.15, 0.2) is 0 Å². The zero-order chi connectivity index (χ0) is 33.4.